The van der Waals surface area contributed by atoms with Crippen LogP contribution >= 0.6 is 0 Å². The number of nitrogens with one attached hydrogen (secondary N) is 7. The van der Waals surface area contributed by atoms with Crippen LogP contribution in [0.1, 0.15) is 78.1 Å². The maximum atomic E-state index is 12.7. The summed E-state index contributed by atoms with van der Waals surface area (Å²) in [5.41, 5.74) is 0. The van der Waals surface area contributed by atoms with E-state index < -0.39 is 29.7 Å². The minimum absolute atomic E-state index is 0.00603. The van der Waals surface area contributed by atoms with Crippen LogP contribution < -0.4 is 37.0 Å². The molecule has 0 aliphatic carbocycles. The van der Waals surface area contributed by atoms with E-state index in [0.29, 0.717) is 45.2 Å². The lowest BCUT2D eigenvalue weighted by Gasteiger charge is -2.21. The molecule has 16 nitrogen and oxygen atoms in total. The van der Waals surface area contributed by atoms with Gasteiger partial charge in [-0.25, -0.2) is 0 Å². The second-order valence-corrected chi connectivity index (χ2v) is 11.5. The van der Waals surface area contributed by atoms with Crippen LogP contribution in [0.25, 0.3) is 0 Å². The fourth-order valence-corrected chi connectivity index (χ4v) is 4.24. The van der Waals surface area contributed by atoms with Crippen LogP contribution in [0.2, 0.25) is 0 Å². The van der Waals surface area contributed by atoms with Crippen LogP contribution in [0.5, 0.6) is 0 Å². The number of hydrogen-bond donors (Lipinski definition) is 7. The molecule has 0 saturated carbocycles. The van der Waals surface area contributed by atoms with E-state index in [1.807, 2.05) is 13.8 Å². The molecular formula is C28H53B3N8O8. The van der Waals surface area contributed by atoms with Gasteiger partial charge in [0.25, 0.3) is 0 Å². The Morgan fingerprint density at radius 1 is 0.532 bits per heavy atom. The van der Waals surface area contributed by atoms with E-state index in [2.05, 4.69) is 37.0 Å². The summed E-state index contributed by atoms with van der Waals surface area (Å²) in [6.07, 6.45) is 4.28. The Bertz CT molecular complexity index is 1050. The molecule has 262 valence electrons. The first-order valence-electron chi connectivity index (χ1n) is 16.3. The van der Waals surface area contributed by atoms with Gasteiger partial charge in [-0.05, 0) is 32.1 Å². The number of hydrogen-bond acceptors (Lipinski definition) is 9. The summed E-state index contributed by atoms with van der Waals surface area (Å²) in [6, 6.07) is -1.03. The van der Waals surface area contributed by atoms with E-state index in [1.165, 1.54) is 20.9 Å². The minimum Gasteiger partial charge on any atom is -0.406 e. The van der Waals surface area contributed by atoms with Gasteiger partial charge in [-0.15, -0.1) is 0 Å². The number of rotatable bonds is 26. The highest BCUT2D eigenvalue weighted by Gasteiger charge is 2.22. The number of Topliss-reactive ketones (excluding diaryl/α,β-unsaturated/α-hetero) is 1. The third-order valence-corrected chi connectivity index (χ3v) is 7.07. The summed E-state index contributed by atoms with van der Waals surface area (Å²) in [6.45, 7) is 3.96. The predicted octanol–water partition coefficient (Wildman–Crippen LogP) is -4.76. The molecule has 0 aliphatic heterocycles. The van der Waals surface area contributed by atoms with Crippen molar-refractivity contribution in [2.75, 3.05) is 39.3 Å². The Morgan fingerprint density at radius 3 is 1.49 bits per heavy atom. The van der Waals surface area contributed by atoms with Crippen molar-refractivity contribution < 1.29 is 38.4 Å². The molecule has 0 radical (unpaired) electrons. The third kappa shape index (κ3) is 23.1. The smallest absolute Gasteiger partial charge is 0.234 e. The number of ketones is 1. The van der Waals surface area contributed by atoms with Gasteiger partial charge in [0.2, 0.25) is 65.3 Å². The van der Waals surface area contributed by atoms with E-state index in [9.17, 15) is 38.4 Å². The maximum Gasteiger partial charge on any atom is 0.234 e. The fourth-order valence-electron chi connectivity index (χ4n) is 4.24. The Kier molecular flexibility index (Phi) is 24.0. The molecule has 0 rings (SSSR count). The molecule has 0 saturated heterocycles. The SMILES string of the molecule is BNC(=O)CCCCNC(=O)CN(CC(=O)NCCCCCC(=O)C(C)C)CC(=O)NCCCC(=O)N[C@@H](CC(=O)NB)C(=O)NB. The minimum atomic E-state index is -1.03. The molecule has 0 heterocycles. The molecule has 7 N–H and O–H groups in total. The van der Waals surface area contributed by atoms with Crippen LogP contribution in [0, 0.1) is 5.92 Å². The molecular weight excluding hydrogens is 609 g/mol. The van der Waals surface area contributed by atoms with Gasteiger partial charge in [-0.3, -0.25) is 43.3 Å². The Morgan fingerprint density at radius 2 is 1.00 bits per heavy atom. The molecule has 1 atom stereocenters. The fraction of sp³-hybridized carbons (Fsp3) is 0.714. The summed E-state index contributed by atoms with van der Waals surface area (Å²) in [5, 5.41) is 18.0. The van der Waals surface area contributed by atoms with Crippen LogP contribution in [-0.4, -0.2) is 121 Å². The predicted molar refractivity (Wildman–Crippen MR) is 183 cm³/mol. The summed E-state index contributed by atoms with van der Waals surface area (Å²) < 4.78 is 0. The lowest BCUT2D eigenvalue weighted by molar-refractivity contribution is -0.130. The van der Waals surface area contributed by atoms with E-state index in [4.69, 9.17) is 0 Å². The highest BCUT2D eigenvalue weighted by Crippen LogP contribution is 2.05. The van der Waals surface area contributed by atoms with E-state index >= 15 is 0 Å². The molecule has 0 spiro atoms. The molecule has 0 fully saturated rings. The van der Waals surface area contributed by atoms with Crippen LogP contribution in [0.3, 0.4) is 0 Å². The monoisotopic (exact) mass is 662 g/mol. The number of amides is 7. The van der Waals surface area contributed by atoms with Crippen molar-refractivity contribution in [3.8, 4) is 0 Å². The average Bonchev–Trinajstić information content (AvgIpc) is 3.03. The first-order valence-corrected chi connectivity index (χ1v) is 16.3. The van der Waals surface area contributed by atoms with E-state index in [1.54, 1.807) is 7.98 Å². The van der Waals surface area contributed by atoms with Gasteiger partial charge in [0.15, 0.2) is 0 Å². The molecule has 47 heavy (non-hydrogen) atoms. The zero-order valence-electron chi connectivity index (χ0n) is 28.7. The van der Waals surface area contributed by atoms with Crippen molar-refractivity contribution in [3.63, 3.8) is 0 Å². The topological polar surface area (TPSA) is 224 Å². The average molecular weight is 662 g/mol. The Labute approximate surface area is 280 Å². The van der Waals surface area contributed by atoms with Gasteiger partial charge in [0.05, 0.1) is 26.1 Å². The van der Waals surface area contributed by atoms with Crippen LogP contribution in [-0.2, 0) is 38.4 Å². The van der Waals surface area contributed by atoms with Gasteiger partial charge < -0.3 is 37.0 Å². The first-order chi connectivity index (χ1) is 22.3. The van der Waals surface area contributed by atoms with Crippen molar-refractivity contribution in [2.45, 2.75) is 84.1 Å². The number of unbranched alkanes of at least 4 members (excludes halogenated alkanes) is 3. The van der Waals surface area contributed by atoms with Crippen molar-refractivity contribution in [1.29, 1.82) is 0 Å². The molecule has 0 aromatic rings. The summed E-state index contributed by atoms with van der Waals surface area (Å²) in [4.78, 5) is 98.3. The maximum absolute atomic E-state index is 12.7. The third-order valence-electron chi connectivity index (χ3n) is 7.07. The van der Waals surface area contributed by atoms with Gasteiger partial charge in [-0.2, -0.15) is 0 Å². The number of carbonyl (C=O) groups excluding carboxylic acids is 8. The second-order valence-electron chi connectivity index (χ2n) is 11.5. The molecule has 0 bridgehead atoms. The molecule has 0 aromatic carbocycles. The van der Waals surface area contributed by atoms with Crippen molar-refractivity contribution >= 4 is 71.1 Å². The number of nitrogens with zero attached hydrogens (tertiary/aromatic N) is 1. The second kappa shape index (κ2) is 26.2. The van der Waals surface area contributed by atoms with Gasteiger partial charge in [0.1, 0.15) is 11.8 Å². The Hall–Kier alpha value is -3.89. The summed E-state index contributed by atoms with van der Waals surface area (Å²) in [7, 11) is 4.37. The first kappa shape index (κ1) is 43.1. The molecule has 0 aromatic heterocycles. The van der Waals surface area contributed by atoms with Crippen molar-refractivity contribution in [3.05, 3.63) is 0 Å². The van der Waals surface area contributed by atoms with Gasteiger partial charge in [0, 0.05) is 44.8 Å². The number of carbonyl (C=O) groups is 8. The van der Waals surface area contributed by atoms with Gasteiger partial charge in [-0.1, -0.05) is 20.3 Å². The highest BCUT2D eigenvalue weighted by atomic mass is 16.2. The summed E-state index contributed by atoms with van der Waals surface area (Å²) >= 11 is 0. The standard InChI is InChI=1S/C28H53B3N8O8/c1-19(2)21(40)9-4-3-6-12-32-25(44)16-39(17-26(45)33-13-7-5-10-23(42)36-29)18-27(46)34-14-8-11-22(41)35-20(28(47)38-31)15-24(43)37-30/h19-20H,3-18,29-31H2,1-2H3,(H,32,44)(H,33,45)(H,34,46)(H,35,41)(H,36,42)(H,37,43)(H,38,47)/t20-/m0/s1. The zero-order valence-corrected chi connectivity index (χ0v) is 28.7. The summed E-state index contributed by atoms with van der Waals surface area (Å²) in [5.74, 6) is -2.43. The van der Waals surface area contributed by atoms with Crippen LogP contribution in [0.15, 0.2) is 0 Å². The highest BCUT2D eigenvalue weighted by molar-refractivity contribution is 6.17. The van der Waals surface area contributed by atoms with Gasteiger partial charge >= 0.3 is 0 Å². The molecule has 7 amide bonds. The van der Waals surface area contributed by atoms with E-state index in [-0.39, 0.29) is 74.9 Å². The molecule has 0 aliphatic rings. The Balaban J connectivity index is 4.84. The molecule has 0 unspecified atom stereocenters. The normalized spacial score (nSPS) is 11.2. The molecule has 19 heteroatoms. The van der Waals surface area contributed by atoms with Crippen molar-refractivity contribution in [2.24, 2.45) is 5.92 Å². The largest absolute Gasteiger partial charge is 0.406 e. The lowest BCUT2D eigenvalue weighted by Crippen LogP contribution is -2.48. The lowest BCUT2D eigenvalue weighted by atomic mass is 10.0. The quantitative estimate of drug-likeness (QED) is 0.0349. The zero-order chi connectivity index (χ0) is 35.6. The van der Waals surface area contributed by atoms with Crippen LogP contribution in [0.4, 0.5) is 0 Å². The van der Waals surface area contributed by atoms with E-state index in [0.717, 1.165) is 12.8 Å². The van der Waals surface area contributed by atoms with Crippen molar-refractivity contribution in [1.82, 2.24) is 41.9 Å².